The Morgan fingerprint density at radius 1 is 1.03 bits per heavy atom. The Hall–Kier alpha value is -3.43. The number of hydrogen-bond donors (Lipinski definition) is 1. The predicted octanol–water partition coefficient (Wildman–Crippen LogP) is 6.38. The minimum atomic E-state index is -4.81. The number of allylic oxidation sites excluding steroid dienone is 3. The van der Waals surface area contributed by atoms with Crippen molar-refractivity contribution in [2.75, 3.05) is 0 Å². The molecule has 0 spiro atoms. The highest BCUT2D eigenvalue weighted by Crippen LogP contribution is 2.40. The number of hydrogen-bond acceptors (Lipinski definition) is 3. The van der Waals surface area contributed by atoms with Crippen LogP contribution in [0.3, 0.4) is 0 Å². The maximum Gasteiger partial charge on any atom is 0.573 e. The summed E-state index contributed by atoms with van der Waals surface area (Å²) in [6, 6.07) is 9.46. The van der Waals surface area contributed by atoms with Crippen LogP contribution in [0.2, 0.25) is 0 Å². The van der Waals surface area contributed by atoms with E-state index in [1.54, 1.807) is 12.2 Å². The minimum absolute atomic E-state index is 0.0613. The van der Waals surface area contributed by atoms with Crippen molar-refractivity contribution in [2.45, 2.75) is 37.4 Å². The highest BCUT2D eigenvalue weighted by molar-refractivity contribution is 5.70. The van der Waals surface area contributed by atoms with Gasteiger partial charge in [-0.15, -0.1) is 13.2 Å². The average molecular weight is 472 g/mol. The fourth-order valence-corrected chi connectivity index (χ4v) is 3.51. The number of halogens is 6. The van der Waals surface area contributed by atoms with E-state index >= 15 is 0 Å². The molecule has 0 fully saturated rings. The first kappa shape index (κ1) is 24.2. The molecule has 0 saturated heterocycles. The summed E-state index contributed by atoms with van der Waals surface area (Å²) in [7, 11) is 0. The van der Waals surface area contributed by atoms with Gasteiger partial charge in [-0.3, -0.25) is 4.79 Å². The van der Waals surface area contributed by atoms with Gasteiger partial charge < -0.3 is 14.6 Å². The van der Waals surface area contributed by atoms with Crippen molar-refractivity contribution in [3.05, 3.63) is 89.2 Å². The van der Waals surface area contributed by atoms with Crippen LogP contribution in [0.25, 0.3) is 0 Å². The molecule has 0 amide bonds. The molecule has 2 aromatic carbocycles. The topological polar surface area (TPSA) is 55.8 Å². The standard InChI is InChI=1S/C23H18F6O4/c24-22(25,26)17-4-1-3-16(11-17)21(13-20(30)31)10-2-5-19(12-21)32-14-15-6-8-18(9-7-15)33-23(27,28)29/h1-9,11-12H,10,13-14H2,(H,30,31). The first-order valence-corrected chi connectivity index (χ1v) is 9.63. The van der Waals surface area contributed by atoms with Crippen LogP contribution in [0.15, 0.2) is 72.5 Å². The summed E-state index contributed by atoms with van der Waals surface area (Å²) in [6.45, 7) is -0.0613. The fraction of sp³-hybridized carbons (Fsp3) is 0.261. The molecule has 1 N–H and O–H groups in total. The summed E-state index contributed by atoms with van der Waals surface area (Å²) in [5, 5.41) is 9.41. The summed E-state index contributed by atoms with van der Waals surface area (Å²) in [5.74, 6) is -1.36. The Labute approximate surface area is 184 Å². The van der Waals surface area contributed by atoms with Crippen molar-refractivity contribution < 1.29 is 45.7 Å². The van der Waals surface area contributed by atoms with Gasteiger partial charge >= 0.3 is 18.5 Å². The zero-order valence-electron chi connectivity index (χ0n) is 16.9. The first-order chi connectivity index (χ1) is 15.4. The van der Waals surface area contributed by atoms with Crippen LogP contribution < -0.4 is 4.74 Å². The normalized spacial score (nSPS) is 18.5. The van der Waals surface area contributed by atoms with E-state index in [9.17, 15) is 36.2 Å². The number of aliphatic carboxylic acids is 1. The van der Waals surface area contributed by atoms with Crippen LogP contribution in [-0.2, 0) is 27.7 Å². The number of carbonyl (C=O) groups is 1. The third-order valence-electron chi connectivity index (χ3n) is 4.98. The molecule has 2 aromatic rings. The molecule has 1 atom stereocenters. The lowest BCUT2D eigenvalue weighted by Gasteiger charge is -2.32. The summed E-state index contributed by atoms with van der Waals surface area (Å²) < 4.78 is 85.8. The number of carboxylic acid groups (broad SMARTS) is 1. The van der Waals surface area contributed by atoms with Crippen LogP contribution in [-0.4, -0.2) is 17.4 Å². The summed E-state index contributed by atoms with van der Waals surface area (Å²) in [4.78, 5) is 11.5. The van der Waals surface area contributed by atoms with Crippen molar-refractivity contribution in [1.29, 1.82) is 0 Å². The number of carboxylic acids is 1. The molecule has 176 valence electrons. The Morgan fingerprint density at radius 2 is 1.73 bits per heavy atom. The number of benzene rings is 2. The van der Waals surface area contributed by atoms with Crippen LogP contribution in [0.5, 0.6) is 5.75 Å². The van der Waals surface area contributed by atoms with Crippen molar-refractivity contribution in [3.63, 3.8) is 0 Å². The summed E-state index contributed by atoms with van der Waals surface area (Å²) in [5.41, 5.74) is -1.47. The summed E-state index contributed by atoms with van der Waals surface area (Å²) in [6.07, 6.45) is -5.07. The quantitative estimate of drug-likeness (QED) is 0.476. The second-order valence-corrected chi connectivity index (χ2v) is 7.44. The maximum atomic E-state index is 13.2. The van der Waals surface area contributed by atoms with Crippen LogP contribution in [0.4, 0.5) is 26.3 Å². The van der Waals surface area contributed by atoms with E-state index in [1.165, 1.54) is 30.3 Å². The van der Waals surface area contributed by atoms with E-state index in [0.29, 0.717) is 5.56 Å². The van der Waals surface area contributed by atoms with E-state index in [4.69, 9.17) is 4.74 Å². The Morgan fingerprint density at radius 3 is 2.33 bits per heavy atom. The molecular weight excluding hydrogens is 454 g/mol. The molecule has 0 bridgehead atoms. The monoisotopic (exact) mass is 472 g/mol. The lowest BCUT2D eigenvalue weighted by Crippen LogP contribution is -2.29. The molecule has 33 heavy (non-hydrogen) atoms. The molecule has 1 unspecified atom stereocenters. The third-order valence-corrected chi connectivity index (χ3v) is 4.98. The third kappa shape index (κ3) is 6.53. The molecule has 0 radical (unpaired) electrons. The van der Waals surface area contributed by atoms with Crippen molar-refractivity contribution >= 4 is 5.97 Å². The Kier molecular flexibility index (Phi) is 6.76. The first-order valence-electron chi connectivity index (χ1n) is 9.63. The molecular formula is C23H18F6O4. The van der Waals surface area contributed by atoms with Gasteiger partial charge in [0.15, 0.2) is 0 Å². The number of rotatable bonds is 7. The molecule has 1 aliphatic carbocycles. The smallest absolute Gasteiger partial charge is 0.489 e. The lowest BCUT2D eigenvalue weighted by molar-refractivity contribution is -0.274. The van der Waals surface area contributed by atoms with E-state index in [1.807, 2.05) is 0 Å². The van der Waals surface area contributed by atoms with Gasteiger partial charge in [-0.25, -0.2) is 0 Å². The summed E-state index contributed by atoms with van der Waals surface area (Å²) >= 11 is 0. The van der Waals surface area contributed by atoms with Crippen LogP contribution in [0, 0.1) is 0 Å². The van der Waals surface area contributed by atoms with Crippen molar-refractivity contribution in [2.24, 2.45) is 0 Å². The van der Waals surface area contributed by atoms with E-state index in [0.717, 1.165) is 24.3 Å². The van der Waals surface area contributed by atoms with Gasteiger partial charge in [0.25, 0.3) is 0 Å². The van der Waals surface area contributed by atoms with Gasteiger partial charge in [-0.1, -0.05) is 36.4 Å². The Bertz CT molecular complexity index is 1050. The largest absolute Gasteiger partial charge is 0.573 e. The zero-order valence-corrected chi connectivity index (χ0v) is 16.9. The van der Waals surface area contributed by atoms with Crippen LogP contribution in [0.1, 0.15) is 29.5 Å². The highest BCUT2D eigenvalue weighted by Gasteiger charge is 2.37. The molecule has 4 nitrogen and oxygen atoms in total. The van der Waals surface area contributed by atoms with Gasteiger partial charge in [0.1, 0.15) is 18.1 Å². The van der Waals surface area contributed by atoms with E-state index in [2.05, 4.69) is 4.74 Å². The SMILES string of the molecule is O=C(O)CC1(c2cccc(C(F)(F)F)c2)C=C(OCc2ccc(OC(F)(F)F)cc2)C=CC1. The second kappa shape index (κ2) is 9.21. The van der Waals surface area contributed by atoms with Crippen molar-refractivity contribution in [3.8, 4) is 5.75 Å². The molecule has 0 aromatic heterocycles. The van der Waals surface area contributed by atoms with Gasteiger partial charge in [0, 0.05) is 5.41 Å². The highest BCUT2D eigenvalue weighted by atomic mass is 19.4. The van der Waals surface area contributed by atoms with Gasteiger partial charge in [-0.05, 0) is 47.9 Å². The van der Waals surface area contributed by atoms with E-state index in [-0.39, 0.29) is 24.4 Å². The molecule has 0 heterocycles. The number of alkyl halides is 6. The lowest BCUT2D eigenvalue weighted by atomic mass is 9.72. The average Bonchev–Trinajstić information content (AvgIpc) is 2.71. The Balaban J connectivity index is 1.82. The van der Waals surface area contributed by atoms with Crippen LogP contribution >= 0.6 is 0 Å². The zero-order chi connectivity index (χ0) is 24.3. The molecule has 3 rings (SSSR count). The van der Waals surface area contributed by atoms with Gasteiger partial charge in [0.05, 0.1) is 12.0 Å². The molecule has 0 saturated carbocycles. The van der Waals surface area contributed by atoms with Gasteiger partial charge in [0.2, 0.25) is 0 Å². The van der Waals surface area contributed by atoms with Gasteiger partial charge in [-0.2, -0.15) is 13.2 Å². The van der Waals surface area contributed by atoms with E-state index < -0.39 is 41.7 Å². The second-order valence-electron chi connectivity index (χ2n) is 7.44. The predicted molar refractivity (Wildman–Crippen MR) is 105 cm³/mol. The van der Waals surface area contributed by atoms with Crippen molar-refractivity contribution in [1.82, 2.24) is 0 Å². The molecule has 1 aliphatic rings. The molecule has 10 heteroatoms. The fourth-order valence-electron chi connectivity index (χ4n) is 3.51. The maximum absolute atomic E-state index is 13.2. The number of ether oxygens (including phenoxy) is 2. The minimum Gasteiger partial charge on any atom is -0.489 e. The molecule has 0 aliphatic heterocycles.